The Balaban J connectivity index is 2.05. The van der Waals surface area contributed by atoms with Crippen LogP contribution in [0.3, 0.4) is 0 Å². The summed E-state index contributed by atoms with van der Waals surface area (Å²) in [5.74, 6) is -0.525. The van der Waals surface area contributed by atoms with Gasteiger partial charge in [0, 0.05) is 24.0 Å². The lowest BCUT2D eigenvalue weighted by atomic mass is 10.0. The number of carbonyl (C=O) groups excluding carboxylic acids is 2. The largest absolute Gasteiger partial charge is 0.352 e. The normalized spacial score (nSPS) is 13.0. The van der Waals surface area contributed by atoms with Crippen LogP contribution < -0.4 is 9.62 Å². The van der Waals surface area contributed by atoms with Crippen molar-refractivity contribution in [2.24, 2.45) is 0 Å². The monoisotopic (exact) mass is 597 g/mol. The molecule has 0 heterocycles. The highest BCUT2D eigenvalue weighted by Crippen LogP contribution is 2.24. The zero-order valence-corrected chi connectivity index (χ0v) is 26.0. The van der Waals surface area contributed by atoms with Gasteiger partial charge in [-0.1, -0.05) is 87.0 Å². The van der Waals surface area contributed by atoms with Gasteiger partial charge in [0.25, 0.3) is 0 Å². The molecule has 0 unspecified atom stereocenters. The summed E-state index contributed by atoms with van der Waals surface area (Å²) in [7, 11) is -3.82. The quantitative estimate of drug-likeness (QED) is 0.270. The average molecular weight is 598 g/mol. The van der Waals surface area contributed by atoms with E-state index in [9.17, 15) is 18.0 Å². The van der Waals surface area contributed by atoms with Crippen LogP contribution in [0.5, 0.6) is 0 Å². The van der Waals surface area contributed by atoms with Crippen LogP contribution in [0.1, 0.15) is 56.7 Å². The van der Waals surface area contributed by atoms with Crippen molar-refractivity contribution in [2.75, 3.05) is 17.1 Å². The number of nitrogens with zero attached hydrogens (tertiary/aromatic N) is 2. The number of benzene rings is 3. The Bertz CT molecular complexity index is 1410. The number of sulfonamides is 1. The topological polar surface area (TPSA) is 86.8 Å². The first-order valence-electron chi connectivity index (χ1n) is 13.8. The predicted molar refractivity (Wildman–Crippen MR) is 167 cm³/mol. The van der Waals surface area contributed by atoms with Crippen LogP contribution in [0.4, 0.5) is 5.69 Å². The molecule has 0 saturated carbocycles. The van der Waals surface area contributed by atoms with E-state index in [4.69, 9.17) is 11.6 Å². The fraction of sp³-hybridized carbons (Fsp3) is 0.375. The van der Waals surface area contributed by atoms with Crippen LogP contribution in [0, 0.1) is 0 Å². The Morgan fingerprint density at radius 1 is 0.902 bits per heavy atom. The molecule has 3 aromatic carbocycles. The van der Waals surface area contributed by atoms with Crippen molar-refractivity contribution in [1.82, 2.24) is 10.2 Å². The van der Waals surface area contributed by atoms with Crippen molar-refractivity contribution in [3.05, 3.63) is 101 Å². The molecular weight excluding hydrogens is 558 g/mol. The molecule has 0 aromatic heterocycles. The minimum atomic E-state index is -3.82. The molecule has 0 bridgehead atoms. The molecule has 220 valence electrons. The van der Waals surface area contributed by atoms with Crippen LogP contribution in [0.2, 0.25) is 5.02 Å². The number of anilines is 1. The lowest BCUT2D eigenvalue weighted by Gasteiger charge is -2.34. The summed E-state index contributed by atoms with van der Waals surface area (Å²) in [5.41, 5.74) is 3.05. The number of nitrogens with one attached hydrogen (secondary N) is 1. The Morgan fingerprint density at radius 3 is 2.10 bits per heavy atom. The molecule has 0 spiro atoms. The van der Waals surface area contributed by atoms with Gasteiger partial charge in [-0.15, -0.1) is 0 Å². The molecule has 0 aliphatic rings. The van der Waals surface area contributed by atoms with Crippen LogP contribution in [0.15, 0.2) is 78.9 Å². The van der Waals surface area contributed by atoms with Crippen molar-refractivity contribution < 1.29 is 18.0 Å². The predicted octanol–water partition coefficient (Wildman–Crippen LogP) is 5.78. The number of carbonyl (C=O) groups is 2. The lowest BCUT2D eigenvalue weighted by molar-refractivity contribution is -0.140. The highest BCUT2D eigenvalue weighted by molar-refractivity contribution is 7.92. The van der Waals surface area contributed by atoms with E-state index >= 15 is 0 Å². The van der Waals surface area contributed by atoms with E-state index in [-0.39, 0.29) is 30.8 Å². The van der Waals surface area contributed by atoms with Crippen molar-refractivity contribution in [2.45, 2.75) is 65.1 Å². The van der Waals surface area contributed by atoms with Gasteiger partial charge in [0.2, 0.25) is 21.8 Å². The molecule has 3 rings (SSSR count). The van der Waals surface area contributed by atoms with Gasteiger partial charge in [-0.05, 0) is 60.2 Å². The molecule has 2 amide bonds. The van der Waals surface area contributed by atoms with E-state index in [0.717, 1.165) is 33.7 Å². The lowest BCUT2D eigenvalue weighted by Crippen LogP contribution is -2.54. The highest BCUT2D eigenvalue weighted by Gasteiger charge is 2.33. The number of halogens is 1. The average Bonchev–Trinajstić information content (AvgIpc) is 2.93. The van der Waals surface area contributed by atoms with E-state index in [1.807, 2.05) is 62.4 Å². The van der Waals surface area contributed by atoms with Crippen molar-refractivity contribution in [3.8, 4) is 0 Å². The summed E-state index contributed by atoms with van der Waals surface area (Å²) in [4.78, 5) is 29.3. The van der Waals surface area contributed by atoms with Gasteiger partial charge in [-0.3, -0.25) is 13.9 Å². The van der Waals surface area contributed by atoms with Crippen LogP contribution in [0.25, 0.3) is 0 Å². The van der Waals surface area contributed by atoms with Gasteiger partial charge in [-0.2, -0.15) is 0 Å². The first kappa shape index (κ1) is 32.2. The van der Waals surface area contributed by atoms with E-state index in [0.29, 0.717) is 10.7 Å². The first-order valence-corrected chi connectivity index (χ1v) is 16.1. The second kappa shape index (κ2) is 14.5. The molecule has 0 radical (unpaired) electrons. The molecule has 7 nitrogen and oxygen atoms in total. The van der Waals surface area contributed by atoms with Crippen molar-refractivity contribution in [1.29, 1.82) is 0 Å². The summed E-state index contributed by atoms with van der Waals surface area (Å²) >= 11 is 6.26. The van der Waals surface area contributed by atoms with Crippen LogP contribution in [-0.2, 0) is 32.6 Å². The number of hydrogen-bond donors (Lipinski definition) is 1. The summed E-state index contributed by atoms with van der Waals surface area (Å²) in [5, 5.41) is 3.53. The number of amides is 2. The molecule has 1 N–H and O–H groups in total. The van der Waals surface area contributed by atoms with Gasteiger partial charge in [-0.25, -0.2) is 8.42 Å². The molecule has 0 fully saturated rings. The minimum Gasteiger partial charge on any atom is -0.352 e. The van der Waals surface area contributed by atoms with Crippen LogP contribution >= 0.6 is 11.6 Å². The molecule has 0 saturated heterocycles. The Morgan fingerprint density at radius 2 is 1.54 bits per heavy atom. The molecule has 3 aromatic rings. The second-order valence-corrected chi connectivity index (χ2v) is 13.0. The summed E-state index contributed by atoms with van der Waals surface area (Å²) < 4.78 is 27.0. The van der Waals surface area contributed by atoms with Gasteiger partial charge >= 0.3 is 0 Å². The smallest absolute Gasteiger partial charge is 0.244 e. The van der Waals surface area contributed by atoms with E-state index in [2.05, 4.69) is 19.2 Å². The Labute approximate surface area is 249 Å². The second-order valence-electron chi connectivity index (χ2n) is 10.7. The van der Waals surface area contributed by atoms with Crippen molar-refractivity contribution >= 4 is 39.1 Å². The first-order chi connectivity index (χ1) is 19.4. The van der Waals surface area contributed by atoms with E-state index in [1.54, 1.807) is 30.3 Å². The summed E-state index contributed by atoms with van der Waals surface area (Å²) in [6, 6.07) is 22.7. The summed E-state index contributed by atoms with van der Waals surface area (Å²) in [6.07, 6.45) is 2.06. The third kappa shape index (κ3) is 9.33. The third-order valence-corrected chi connectivity index (χ3v) is 8.42. The van der Waals surface area contributed by atoms with E-state index < -0.39 is 28.5 Å². The van der Waals surface area contributed by atoms with E-state index in [1.165, 1.54) is 4.90 Å². The third-order valence-electron chi connectivity index (χ3n) is 7.04. The molecule has 0 aliphatic heterocycles. The fourth-order valence-corrected chi connectivity index (χ4v) is 5.53. The zero-order valence-electron chi connectivity index (χ0n) is 24.4. The standard InChI is InChI=1S/C32H40ClN3O4S/c1-6-24(4)34-32(38)30(20-25-11-8-7-9-12-25)35(21-26-13-10-14-28(33)19-26)31(37)22-36(41(5,39)40)29-17-15-27(16-18-29)23(2)3/h7-19,23-24,30H,6,20-22H2,1-5H3,(H,34,38)/t24-,30-/m0/s1. The number of rotatable bonds is 13. The van der Waals surface area contributed by atoms with Gasteiger partial charge in [0.05, 0.1) is 11.9 Å². The Hall–Kier alpha value is -3.36. The number of hydrogen-bond acceptors (Lipinski definition) is 4. The zero-order chi connectivity index (χ0) is 30.2. The fourth-order valence-electron chi connectivity index (χ4n) is 4.47. The maximum atomic E-state index is 14.1. The highest BCUT2D eigenvalue weighted by atomic mass is 35.5. The van der Waals surface area contributed by atoms with Crippen LogP contribution in [-0.4, -0.2) is 50.0 Å². The molecule has 2 atom stereocenters. The Kier molecular flexibility index (Phi) is 11.4. The maximum absolute atomic E-state index is 14.1. The summed E-state index contributed by atoms with van der Waals surface area (Å²) in [6.45, 7) is 7.61. The van der Waals surface area contributed by atoms with Gasteiger partial charge in [0.1, 0.15) is 12.6 Å². The maximum Gasteiger partial charge on any atom is 0.244 e. The van der Waals surface area contributed by atoms with Crippen molar-refractivity contribution in [3.63, 3.8) is 0 Å². The molecule has 0 aliphatic carbocycles. The van der Waals surface area contributed by atoms with Gasteiger partial charge < -0.3 is 10.2 Å². The minimum absolute atomic E-state index is 0.0781. The SMILES string of the molecule is CC[C@H](C)NC(=O)[C@H](Cc1ccccc1)N(Cc1cccc(Cl)c1)C(=O)CN(c1ccc(C(C)C)cc1)S(C)(=O)=O. The molecule has 41 heavy (non-hydrogen) atoms. The molecule has 9 heteroatoms. The molecular formula is C32H40ClN3O4S. The van der Waals surface area contributed by atoms with Gasteiger partial charge in [0.15, 0.2) is 0 Å².